The van der Waals surface area contributed by atoms with E-state index in [0.717, 1.165) is 25.1 Å². The topological polar surface area (TPSA) is 15.6 Å². The molecule has 4 aromatic carbocycles. The van der Waals surface area contributed by atoms with Crippen LogP contribution in [0.25, 0.3) is 0 Å². The molecule has 0 aromatic heterocycles. The van der Waals surface area contributed by atoms with Gasteiger partial charge in [-0.2, -0.15) is 0 Å². The summed E-state index contributed by atoms with van der Waals surface area (Å²) in [6.07, 6.45) is 3.35. The number of benzene rings is 4. The van der Waals surface area contributed by atoms with Crippen molar-refractivity contribution in [1.29, 1.82) is 0 Å². The fourth-order valence-corrected chi connectivity index (χ4v) is 5.65. The summed E-state index contributed by atoms with van der Waals surface area (Å²) in [5, 5.41) is 0. The van der Waals surface area contributed by atoms with Gasteiger partial charge in [-0.3, -0.25) is 4.99 Å². The zero-order chi connectivity index (χ0) is 22.0. The highest BCUT2D eigenvalue weighted by Crippen LogP contribution is 2.45. The highest BCUT2D eigenvalue weighted by atomic mass is 15.2. The molecule has 2 heteroatoms. The van der Waals surface area contributed by atoms with Crippen LogP contribution in [0.5, 0.6) is 0 Å². The minimum Gasteiger partial charge on any atom is -0.366 e. The largest absolute Gasteiger partial charge is 0.366 e. The Kier molecular flexibility index (Phi) is 5.28. The summed E-state index contributed by atoms with van der Waals surface area (Å²) in [5.74, 6) is 0.201. The number of anilines is 1. The van der Waals surface area contributed by atoms with Crippen LogP contribution in [0.2, 0.25) is 0 Å². The molecule has 2 nitrogen and oxygen atoms in total. The molecule has 0 saturated carbocycles. The van der Waals surface area contributed by atoms with Gasteiger partial charge in [0.05, 0.1) is 11.4 Å². The number of hydrogen-bond donors (Lipinski definition) is 0. The van der Waals surface area contributed by atoms with Crippen LogP contribution in [0, 0.1) is 0 Å². The number of para-hydroxylation sites is 2. The normalized spacial score (nSPS) is 20.5. The van der Waals surface area contributed by atoms with Gasteiger partial charge in [0, 0.05) is 29.8 Å². The molecule has 0 fully saturated rings. The summed E-state index contributed by atoms with van der Waals surface area (Å²) in [5.41, 5.74) is 9.12. The van der Waals surface area contributed by atoms with Crippen LogP contribution >= 0.6 is 0 Å². The highest BCUT2D eigenvalue weighted by Gasteiger charge is 2.41. The van der Waals surface area contributed by atoms with E-state index in [-0.39, 0.29) is 5.92 Å². The van der Waals surface area contributed by atoms with E-state index in [1.165, 1.54) is 40.1 Å². The van der Waals surface area contributed by atoms with Crippen LogP contribution in [0.15, 0.2) is 114 Å². The fourth-order valence-electron chi connectivity index (χ4n) is 5.65. The van der Waals surface area contributed by atoms with Crippen LogP contribution < -0.4 is 4.90 Å². The average Bonchev–Trinajstić information content (AvgIpc) is 2.88. The maximum absolute atomic E-state index is 5.33. The second-order valence-corrected chi connectivity index (χ2v) is 9.09. The van der Waals surface area contributed by atoms with E-state index in [1.54, 1.807) is 0 Å². The first-order chi connectivity index (χ1) is 16.4. The summed E-state index contributed by atoms with van der Waals surface area (Å²) in [4.78, 5) is 8.03. The van der Waals surface area contributed by atoms with Gasteiger partial charge < -0.3 is 4.90 Å². The van der Waals surface area contributed by atoms with Gasteiger partial charge in [0.25, 0.3) is 0 Å². The Morgan fingerprint density at radius 1 is 0.727 bits per heavy atom. The molecule has 4 aromatic rings. The van der Waals surface area contributed by atoms with E-state index >= 15 is 0 Å². The van der Waals surface area contributed by atoms with Gasteiger partial charge in [-0.05, 0) is 48.1 Å². The summed E-state index contributed by atoms with van der Waals surface area (Å²) in [7, 11) is 0. The third kappa shape index (κ3) is 3.76. The van der Waals surface area contributed by atoms with Gasteiger partial charge in [-0.15, -0.1) is 0 Å². The molecule has 6 rings (SSSR count). The zero-order valence-corrected chi connectivity index (χ0v) is 18.8. The van der Waals surface area contributed by atoms with Crippen molar-refractivity contribution in [3.8, 4) is 0 Å². The molecule has 0 radical (unpaired) electrons. The van der Waals surface area contributed by atoms with Crippen molar-refractivity contribution >= 4 is 17.1 Å². The van der Waals surface area contributed by atoms with E-state index in [4.69, 9.17) is 4.99 Å². The molecule has 0 amide bonds. The molecule has 2 heterocycles. The van der Waals surface area contributed by atoms with Crippen LogP contribution in [0.1, 0.15) is 34.6 Å². The standard InChI is InChI=1S/C31H28N2/c1-4-12-23(13-5-1)22-28-29(24-14-6-2-7-15-24)30(32-26-18-8-3-9-19-26)27-20-10-16-25-17-11-21-33(28)31(25)27/h1-10,12-16,18-20,28-29H,11,17,21-22H2/t28-,29-/m0/s1. The van der Waals surface area contributed by atoms with E-state index < -0.39 is 0 Å². The zero-order valence-electron chi connectivity index (χ0n) is 18.8. The quantitative estimate of drug-likeness (QED) is 0.343. The minimum atomic E-state index is 0.201. The number of hydrogen-bond acceptors (Lipinski definition) is 2. The van der Waals surface area contributed by atoms with Crippen molar-refractivity contribution in [1.82, 2.24) is 0 Å². The molecule has 0 spiro atoms. The molecule has 2 aliphatic heterocycles. The van der Waals surface area contributed by atoms with Gasteiger partial charge in [-0.1, -0.05) is 97.1 Å². The molecular weight excluding hydrogens is 400 g/mol. The van der Waals surface area contributed by atoms with Crippen molar-refractivity contribution in [2.45, 2.75) is 31.2 Å². The molecule has 162 valence electrons. The average molecular weight is 429 g/mol. The predicted octanol–water partition coefficient (Wildman–Crippen LogP) is 6.97. The Labute approximate surface area is 196 Å². The molecular formula is C31H28N2. The Hall–Kier alpha value is -3.65. The summed E-state index contributed by atoms with van der Waals surface area (Å²) < 4.78 is 0. The van der Waals surface area contributed by atoms with Crippen LogP contribution in [0.4, 0.5) is 11.4 Å². The molecule has 0 bridgehead atoms. The lowest BCUT2D eigenvalue weighted by Gasteiger charge is -2.47. The lowest BCUT2D eigenvalue weighted by atomic mass is 9.75. The third-order valence-corrected chi connectivity index (χ3v) is 7.06. The second kappa shape index (κ2) is 8.71. The van der Waals surface area contributed by atoms with Crippen molar-refractivity contribution in [2.24, 2.45) is 4.99 Å². The Bertz CT molecular complexity index is 1260. The maximum Gasteiger partial charge on any atom is 0.0633 e. The molecule has 0 aliphatic carbocycles. The summed E-state index contributed by atoms with van der Waals surface area (Å²) in [6, 6.07) is 39.5. The smallest absolute Gasteiger partial charge is 0.0633 e. The summed E-state index contributed by atoms with van der Waals surface area (Å²) >= 11 is 0. The SMILES string of the molecule is c1ccc(C[C@H]2[C@H](c3ccccc3)C(=Nc3ccccc3)c3cccc4c3N2CCC4)cc1. The Morgan fingerprint density at radius 2 is 1.42 bits per heavy atom. The van der Waals surface area contributed by atoms with E-state index in [2.05, 4.69) is 114 Å². The van der Waals surface area contributed by atoms with E-state index in [1.807, 2.05) is 0 Å². The first kappa shape index (κ1) is 20.0. The molecule has 0 saturated heterocycles. The van der Waals surface area contributed by atoms with Crippen LogP contribution in [0.3, 0.4) is 0 Å². The van der Waals surface area contributed by atoms with Gasteiger partial charge >= 0.3 is 0 Å². The number of aliphatic imine (C=N–C) groups is 1. The number of nitrogens with zero attached hydrogens (tertiary/aromatic N) is 2. The summed E-state index contributed by atoms with van der Waals surface area (Å²) in [6.45, 7) is 1.10. The number of rotatable bonds is 4. The van der Waals surface area contributed by atoms with E-state index in [0.29, 0.717) is 6.04 Å². The fraction of sp³-hybridized carbons (Fsp3) is 0.194. The number of aryl methyl sites for hydroxylation is 1. The second-order valence-electron chi connectivity index (χ2n) is 9.09. The molecule has 33 heavy (non-hydrogen) atoms. The van der Waals surface area contributed by atoms with Crippen molar-refractivity contribution in [3.05, 3.63) is 131 Å². The van der Waals surface area contributed by atoms with Crippen LogP contribution in [-0.4, -0.2) is 18.3 Å². The third-order valence-electron chi connectivity index (χ3n) is 7.06. The highest BCUT2D eigenvalue weighted by molar-refractivity contribution is 6.13. The van der Waals surface area contributed by atoms with E-state index in [9.17, 15) is 0 Å². The predicted molar refractivity (Wildman–Crippen MR) is 138 cm³/mol. The Balaban J connectivity index is 1.59. The van der Waals surface area contributed by atoms with Gasteiger partial charge in [0.15, 0.2) is 0 Å². The van der Waals surface area contributed by atoms with Crippen LogP contribution in [-0.2, 0) is 12.8 Å². The van der Waals surface area contributed by atoms with Crippen molar-refractivity contribution in [2.75, 3.05) is 11.4 Å². The molecule has 2 aliphatic rings. The first-order valence-corrected chi connectivity index (χ1v) is 12.0. The van der Waals surface area contributed by atoms with Gasteiger partial charge in [-0.25, -0.2) is 0 Å². The Morgan fingerprint density at radius 3 is 2.18 bits per heavy atom. The molecule has 2 atom stereocenters. The maximum atomic E-state index is 5.33. The van der Waals surface area contributed by atoms with Gasteiger partial charge in [0.2, 0.25) is 0 Å². The molecule has 0 N–H and O–H groups in total. The van der Waals surface area contributed by atoms with Crippen molar-refractivity contribution in [3.63, 3.8) is 0 Å². The minimum absolute atomic E-state index is 0.201. The molecule has 0 unspecified atom stereocenters. The first-order valence-electron chi connectivity index (χ1n) is 12.0. The van der Waals surface area contributed by atoms with Gasteiger partial charge in [0.1, 0.15) is 0 Å². The van der Waals surface area contributed by atoms with Crippen molar-refractivity contribution < 1.29 is 0 Å². The lowest BCUT2D eigenvalue weighted by molar-refractivity contribution is 0.521. The monoisotopic (exact) mass is 428 g/mol. The lowest BCUT2D eigenvalue weighted by Crippen LogP contribution is -2.50.